The molecular formula is C18H16F4N6O. The van der Waals surface area contributed by atoms with Gasteiger partial charge in [0.2, 0.25) is 5.95 Å². The van der Waals surface area contributed by atoms with Crippen LogP contribution >= 0.6 is 0 Å². The number of hydrogen-bond acceptors (Lipinski definition) is 7. The van der Waals surface area contributed by atoms with Crippen LogP contribution in [-0.4, -0.2) is 32.7 Å². The second kappa shape index (κ2) is 8.69. The number of aliphatic hydroxyl groups excluding tert-OH is 1. The molecule has 29 heavy (non-hydrogen) atoms. The van der Waals surface area contributed by atoms with Crippen molar-refractivity contribution in [2.45, 2.75) is 13.0 Å². The van der Waals surface area contributed by atoms with Gasteiger partial charge in [0.05, 0.1) is 12.3 Å². The summed E-state index contributed by atoms with van der Waals surface area (Å²) in [6.45, 7) is 1.49. The van der Waals surface area contributed by atoms with E-state index in [4.69, 9.17) is 0 Å². The smallest absolute Gasteiger partial charge is 0.225 e. The van der Waals surface area contributed by atoms with Gasteiger partial charge in [0.1, 0.15) is 5.69 Å². The minimum atomic E-state index is -1.59. The van der Waals surface area contributed by atoms with Crippen LogP contribution in [0.2, 0.25) is 0 Å². The van der Waals surface area contributed by atoms with E-state index in [1.807, 2.05) is 0 Å². The van der Waals surface area contributed by atoms with Gasteiger partial charge in [-0.3, -0.25) is 15.8 Å². The highest BCUT2D eigenvalue weighted by atomic mass is 19.2. The molecule has 0 saturated heterocycles. The number of hydrogen-bond donors (Lipinski definition) is 4. The van der Waals surface area contributed by atoms with E-state index in [0.29, 0.717) is 11.3 Å². The van der Waals surface area contributed by atoms with Crippen LogP contribution in [0.4, 0.5) is 35.0 Å². The average Bonchev–Trinajstić information content (AvgIpc) is 2.72. The summed E-state index contributed by atoms with van der Waals surface area (Å²) in [6, 6.07) is 4.58. The van der Waals surface area contributed by atoms with Crippen LogP contribution in [0, 0.1) is 23.3 Å². The van der Waals surface area contributed by atoms with Crippen molar-refractivity contribution in [3.63, 3.8) is 0 Å². The van der Waals surface area contributed by atoms with Crippen LogP contribution in [0.1, 0.15) is 6.92 Å². The molecule has 0 aliphatic carbocycles. The summed E-state index contributed by atoms with van der Waals surface area (Å²) in [6.07, 6.45) is 3.11. The maximum absolute atomic E-state index is 13.8. The van der Waals surface area contributed by atoms with Gasteiger partial charge >= 0.3 is 0 Å². The summed E-state index contributed by atoms with van der Waals surface area (Å²) in [5, 5.41) is 12.1. The second-order valence-corrected chi connectivity index (χ2v) is 6.02. The quantitative estimate of drug-likeness (QED) is 0.271. The van der Waals surface area contributed by atoms with Crippen LogP contribution in [-0.2, 0) is 0 Å². The van der Waals surface area contributed by atoms with Crippen molar-refractivity contribution in [1.82, 2.24) is 15.0 Å². The maximum atomic E-state index is 13.8. The zero-order valence-corrected chi connectivity index (χ0v) is 15.0. The molecule has 0 bridgehead atoms. The molecule has 11 heteroatoms. The molecule has 0 aliphatic rings. The third kappa shape index (κ3) is 4.69. The fourth-order valence-corrected chi connectivity index (χ4v) is 2.31. The van der Waals surface area contributed by atoms with Gasteiger partial charge in [-0.25, -0.2) is 22.5 Å². The fraction of sp³-hybridized carbons (Fsp3) is 0.167. The maximum Gasteiger partial charge on any atom is 0.225 e. The van der Waals surface area contributed by atoms with E-state index in [0.717, 1.165) is 0 Å². The molecule has 0 fully saturated rings. The van der Waals surface area contributed by atoms with Gasteiger partial charge in [0, 0.05) is 36.1 Å². The van der Waals surface area contributed by atoms with Crippen molar-refractivity contribution in [2.24, 2.45) is 0 Å². The summed E-state index contributed by atoms with van der Waals surface area (Å²) in [5.41, 5.74) is 4.47. The molecule has 1 aromatic carbocycles. The van der Waals surface area contributed by atoms with Crippen LogP contribution in [0.25, 0.3) is 11.3 Å². The lowest BCUT2D eigenvalue weighted by molar-refractivity contribution is 0.281. The van der Waals surface area contributed by atoms with Gasteiger partial charge in [-0.1, -0.05) is 0 Å². The lowest BCUT2D eigenvalue weighted by Crippen LogP contribution is -2.22. The predicted molar refractivity (Wildman–Crippen MR) is 99.0 cm³/mol. The Balaban J connectivity index is 1.93. The van der Waals surface area contributed by atoms with Crippen LogP contribution in [0.5, 0.6) is 0 Å². The molecule has 7 nitrogen and oxygen atoms in total. The number of nitrogens with one attached hydrogen (secondary N) is 3. The molecule has 0 spiro atoms. The molecule has 2 heterocycles. The molecule has 3 rings (SSSR count). The standard InChI is InChI=1S/C18H16F4N6O/c1-9(8-29)24-18-25-13(10-3-2-4-23-7-10)6-14(26-18)27-28-17-15(21)11(19)5-12(20)16(17)22/h2-7,9,28-29H,8H2,1H3,(H2,24,25,26,27)/t9-/m0/s1. The first-order valence-electron chi connectivity index (χ1n) is 8.41. The summed E-state index contributed by atoms with van der Waals surface area (Å²) < 4.78 is 54.4. The van der Waals surface area contributed by atoms with E-state index in [2.05, 4.69) is 31.1 Å². The summed E-state index contributed by atoms with van der Waals surface area (Å²) in [5.74, 6) is -6.15. The number of anilines is 3. The van der Waals surface area contributed by atoms with Crippen LogP contribution in [0.15, 0.2) is 36.7 Å². The second-order valence-electron chi connectivity index (χ2n) is 6.02. The van der Waals surface area contributed by atoms with E-state index < -0.39 is 29.0 Å². The van der Waals surface area contributed by atoms with E-state index in [-0.39, 0.29) is 30.5 Å². The molecule has 3 aromatic rings. The van der Waals surface area contributed by atoms with Gasteiger partial charge in [0.15, 0.2) is 29.1 Å². The lowest BCUT2D eigenvalue weighted by atomic mass is 10.2. The number of aliphatic hydroxyl groups is 1. The molecule has 0 radical (unpaired) electrons. The number of pyridine rings is 1. The average molecular weight is 408 g/mol. The fourth-order valence-electron chi connectivity index (χ4n) is 2.31. The number of halogens is 4. The minimum absolute atomic E-state index is 0.0370. The molecular weight excluding hydrogens is 392 g/mol. The Morgan fingerprint density at radius 2 is 1.76 bits per heavy atom. The lowest BCUT2D eigenvalue weighted by Gasteiger charge is -2.15. The number of rotatable bonds is 7. The van der Waals surface area contributed by atoms with Crippen molar-refractivity contribution in [3.8, 4) is 11.3 Å². The van der Waals surface area contributed by atoms with Gasteiger partial charge < -0.3 is 10.4 Å². The van der Waals surface area contributed by atoms with Gasteiger partial charge in [-0.15, -0.1) is 0 Å². The number of aromatic nitrogens is 3. The topological polar surface area (TPSA) is 95.0 Å². The van der Waals surface area contributed by atoms with Crippen molar-refractivity contribution in [1.29, 1.82) is 0 Å². The predicted octanol–water partition coefficient (Wildman–Crippen LogP) is 3.33. The first kappa shape index (κ1) is 20.3. The molecule has 0 aliphatic heterocycles. The Morgan fingerprint density at radius 1 is 1.03 bits per heavy atom. The Kier molecular flexibility index (Phi) is 6.07. The molecule has 0 saturated carbocycles. The highest BCUT2D eigenvalue weighted by molar-refractivity contribution is 5.64. The molecule has 4 N–H and O–H groups in total. The zero-order chi connectivity index (χ0) is 21.0. The number of benzene rings is 1. The van der Waals surface area contributed by atoms with Crippen molar-refractivity contribution in [2.75, 3.05) is 22.8 Å². The minimum Gasteiger partial charge on any atom is -0.394 e. The Bertz CT molecular complexity index is 979. The summed E-state index contributed by atoms with van der Waals surface area (Å²) in [7, 11) is 0. The Labute approximate surface area is 162 Å². The third-order valence-electron chi connectivity index (χ3n) is 3.76. The number of nitrogens with zero attached hydrogens (tertiary/aromatic N) is 3. The normalized spacial score (nSPS) is 11.8. The Morgan fingerprint density at radius 3 is 2.38 bits per heavy atom. The summed E-state index contributed by atoms with van der Waals surface area (Å²) in [4.78, 5) is 12.4. The third-order valence-corrected chi connectivity index (χ3v) is 3.76. The van der Waals surface area contributed by atoms with Crippen molar-refractivity contribution >= 4 is 17.5 Å². The first-order chi connectivity index (χ1) is 13.9. The van der Waals surface area contributed by atoms with Crippen LogP contribution in [0.3, 0.4) is 0 Å². The molecule has 2 aromatic heterocycles. The van der Waals surface area contributed by atoms with Gasteiger partial charge in [0.25, 0.3) is 0 Å². The summed E-state index contributed by atoms with van der Waals surface area (Å²) >= 11 is 0. The Hall–Kier alpha value is -3.47. The van der Waals surface area contributed by atoms with Gasteiger partial charge in [-0.05, 0) is 19.1 Å². The van der Waals surface area contributed by atoms with Crippen molar-refractivity contribution < 1.29 is 22.7 Å². The first-order valence-corrected chi connectivity index (χ1v) is 8.41. The SMILES string of the molecule is C[C@@H](CO)Nc1nc(NNc2c(F)c(F)cc(F)c2F)cc(-c2cccnc2)n1. The van der Waals surface area contributed by atoms with Crippen molar-refractivity contribution in [3.05, 3.63) is 59.9 Å². The molecule has 1 atom stereocenters. The molecule has 0 amide bonds. The highest BCUT2D eigenvalue weighted by Gasteiger charge is 2.19. The van der Waals surface area contributed by atoms with Gasteiger partial charge in [-0.2, -0.15) is 4.98 Å². The van der Waals surface area contributed by atoms with E-state index in [9.17, 15) is 22.7 Å². The zero-order valence-electron chi connectivity index (χ0n) is 15.0. The van der Waals surface area contributed by atoms with E-state index >= 15 is 0 Å². The van der Waals surface area contributed by atoms with Crippen LogP contribution < -0.4 is 16.2 Å². The highest BCUT2D eigenvalue weighted by Crippen LogP contribution is 2.25. The molecule has 152 valence electrons. The van der Waals surface area contributed by atoms with E-state index in [1.54, 1.807) is 31.5 Å². The van der Waals surface area contributed by atoms with E-state index in [1.165, 1.54) is 6.07 Å². The number of hydrazine groups is 1. The monoisotopic (exact) mass is 408 g/mol. The molecule has 0 unspecified atom stereocenters. The largest absolute Gasteiger partial charge is 0.394 e.